The van der Waals surface area contributed by atoms with Gasteiger partial charge in [0.05, 0.1) is 11.6 Å². The van der Waals surface area contributed by atoms with E-state index in [2.05, 4.69) is 0 Å². The van der Waals surface area contributed by atoms with Crippen LogP contribution in [0.3, 0.4) is 0 Å². The molecular formula is C13H9NO2. The summed E-state index contributed by atoms with van der Waals surface area (Å²) in [6.07, 6.45) is 0. The standard InChI is InChI=1S/C13H9NO2/c14-8-9-3-1-2-4-11(9)12-7-10(15)5-6-13(12)16/h1-7,15-16H. The number of nitriles is 1. The maximum absolute atomic E-state index is 9.69. The normalized spacial score (nSPS) is 9.69. The van der Waals surface area contributed by atoms with Crippen LogP contribution in [0.15, 0.2) is 42.5 Å². The molecule has 0 saturated heterocycles. The topological polar surface area (TPSA) is 64.2 Å². The van der Waals surface area contributed by atoms with E-state index in [0.29, 0.717) is 16.7 Å². The Bertz CT molecular complexity index is 570. The number of benzene rings is 2. The summed E-state index contributed by atoms with van der Waals surface area (Å²) >= 11 is 0. The summed E-state index contributed by atoms with van der Waals surface area (Å²) in [6, 6.07) is 13.2. The molecular weight excluding hydrogens is 202 g/mol. The first-order valence-electron chi connectivity index (χ1n) is 4.74. The Morgan fingerprint density at radius 1 is 0.938 bits per heavy atom. The van der Waals surface area contributed by atoms with Crippen LogP contribution in [0.2, 0.25) is 0 Å². The predicted molar refractivity (Wildman–Crippen MR) is 59.9 cm³/mol. The first-order valence-corrected chi connectivity index (χ1v) is 4.74. The van der Waals surface area contributed by atoms with Gasteiger partial charge in [-0.2, -0.15) is 5.26 Å². The van der Waals surface area contributed by atoms with E-state index in [0.717, 1.165) is 0 Å². The first-order chi connectivity index (χ1) is 7.72. The van der Waals surface area contributed by atoms with Crippen LogP contribution in [0.5, 0.6) is 11.5 Å². The van der Waals surface area contributed by atoms with Crippen molar-refractivity contribution in [3.63, 3.8) is 0 Å². The average Bonchev–Trinajstić information content (AvgIpc) is 2.32. The van der Waals surface area contributed by atoms with Gasteiger partial charge in [-0.15, -0.1) is 0 Å². The summed E-state index contributed by atoms with van der Waals surface area (Å²) in [6.45, 7) is 0. The van der Waals surface area contributed by atoms with E-state index in [4.69, 9.17) is 5.26 Å². The maximum Gasteiger partial charge on any atom is 0.123 e. The van der Waals surface area contributed by atoms with Gasteiger partial charge in [0.1, 0.15) is 11.5 Å². The van der Waals surface area contributed by atoms with Gasteiger partial charge >= 0.3 is 0 Å². The number of hydrogen-bond acceptors (Lipinski definition) is 3. The second kappa shape index (κ2) is 3.95. The van der Waals surface area contributed by atoms with Gasteiger partial charge in [0.2, 0.25) is 0 Å². The van der Waals surface area contributed by atoms with Crippen molar-refractivity contribution in [2.24, 2.45) is 0 Å². The zero-order valence-electron chi connectivity index (χ0n) is 8.38. The zero-order valence-corrected chi connectivity index (χ0v) is 8.38. The fourth-order valence-electron chi connectivity index (χ4n) is 1.56. The van der Waals surface area contributed by atoms with Crippen molar-refractivity contribution < 1.29 is 10.2 Å². The molecule has 0 unspecified atom stereocenters. The van der Waals surface area contributed by atoms with Crippen LogP contribution in [0, 0.1) is 11.3 Å². The molecule has 2 rings (SSSR count). The van der Waals surface area contributed by atoms with Crippen LogP contribution < -0.4 is 0 Å². The number of hydrogen-bond donors (Lipinski definition) is 2. The Labute approximate surface area is 92.8 Å². The third-order valence-electron chi connectivity index (χ3n) is 2.32. The summed E-state index contributed by atoms with van der Waals surface area (Å²) in [5, 5.41) is 28.0. The Morgan fingerprint density at radius 2 is 1.69 bits per heavy atom. The van der Waals surface area contributed by atoms with Crippen molar-refractivity contribution in [1.29, 1.82) is 5.26 Å². The molecule has 78 valence electrons. The van der Waals surface area contributed by atoms with Crippen molar-refractivity contribution in [2.75, 3.05) is 0 Å². The van der Waals surface area contributed by atoms with E-state index in [9.17, 15) is 10.2 Å². The fourth-order valence-corrected chi connectivity index (χ4v) is 1.56. The third-order valence-corrected chi connectivity index (χ3v) is 2.32. The average molecular weight is 211 g/mol. The molecule has 0 aliphatic heterocycles. The van der Waals surface area contributed by atoms with Crippen molar-refractivity contribution in [3.8, 4) is 28.7 Å². The quantitative estimate of drug-likeness (QED) is 0.712. The van der Waals surface area contributed by atoms with Gasteiger partial charge < -0.3 is 10.2 Å². The van der Waals surface area contributed by atoms with Crippen LogP contribution in [0.1, 0.15) is 5.56 Å². The number of rotatable bonds is 1. The van der Waals surface area contributed by atoms with E-state index in [-0.39, 0.29) is 11.5 Å². The molecule has 0 atom stereocenters. The molecule has 0 radical (unpaired) electrons. The van der Waals surface area contributed by atoms with E-state index < -0.39 is 0 Å². The van der Waals surface area contributed by atoms with Gasteiger partial charge in [0.15, 0.2) is 0 Å². The van der Waals surface area contributed by atoms with Crippen LogP contribution in [0.4, 0.5) is 0 Å². The molecule has 0 saturated carbocycles. The maximum atomic E-state index is 9.69. The molecule has 2 N–H and O–H groups in total. The van der Waals surface area contributed by atoms with Crippen LogP contribution >= 0.6 is 0 Å². The highest BCUT2D eigenvalue weighted by Gasteiger charge is 2.09. The Balaban J connectivity index is 2.68. The van der Waals surface area contributed by atoms with E-state index >= 15 is 0 Å². The molecule has 3 heteroatoms. The lowest BCUT2D eigenvalue weighted by atomic mass is 9.99. The summed E-state index contributed by atoms with van der Waals surface area (Å²) in [4.78, 5) is 0. The lowest BCUT2D eigenvalue weighted by Crippen LogP contribution is -1.84. The van der Waals surface area contributed by atoms with E-state index in [1.165, 1.54) is 18.2 Å². The van der Waals surface area contributed by atoms with Crippen molar-refractivity contribution in [2.45, 2.75) is 0 Å². The molecule has 2 aromatic rings. The van der Waals surface area contributed by atoms with Crippen molar-refractivity contribution in [1.82, 2.24) is 0 Å². The van der Waals surface area contributed by atoms with E-state index in [1.807, 2.05) is 6.07 Å². The number of phenolic OH excluding ortho intramolecular Hbond substituents is 2. The summed E-state index contributed by atoms with van der Waals surface area (Å²) in [5.74, 6) is 0.0982. The zero-order chi connectivity index (χ0) is 11.5. The van der Waals surface area contributed by atoms with E-state index in [1.54, 1.807) is 24.3 Å². The lowest BCUT2D eigenvalue weighted by Gasteiger charge is -2.06. The van der Waals surface area contributed by atoms with Crippen LogP contribution in [-0.2, 0) is 0 Å². The van der Waals surface area contributed by atoms with Gasteiger partial charge in [0, 0.05) is 11.1 Å². The van der Waals surface area contributed by atoms with Gasteiger partial charge in [0.25, 0.3) is 0 Å². The summed E-state index contributed by atoms with van der Waals surface area (Å²) in [7, 11) is 0. The molecule has 0 amide bonds. The molecule has 0 fully saturated rings. The molecule has 2 aromatic carbocycles. The smallest absolute Gasteiger partial charge is 0.123 e. The van der Waals surface area contributed by atoms with Crippen LogP contribution in [0.25, 0.3) is 11.1 Å². The largest absolute Gasteiger partial charge is 0.508 e. The second-order valence-corrected chi connectivity index (χ2v) is 3.36. The minimum absolute atomic E-state index is 0.0421. The van der Waals surface area contributed by atoms with Gasteiger partial charge in [-0.3, -0.25) is 0 Å². The fraction of sp³-hybridized carbons (Fsp3) is 0. The second-order valence-electron chi connectivity index (χ2n) is 3.36. The SMILES string of the molecule is N#Cc1ccccc1-c1cc(O)ccc1O. The summed E-state index contributed by atoms with van der Waals surface area (Å²) in [5.41, 5.74) is 1.53. The molecule has 16 heavy (non-hydrogen) atoms. The molecule has 0 aliphatic carbocycles. The Morgan fingerprint density at radius 3 is 2.44 bits per heavy atom. The van der Waals surface area contributed by atoms with Crippen LogP contribution in [-0.4, -0.2) is 10.2 Å². The molecule has 0 aromatic heterocycles. The monoisotopic (exact) mass is 211 g/mol. The molecule has 0 heterocycles. The molecule has 0 aliphatic rings. The Hall–Kier alpha value is -2.47. The minimum Gasteiger partial charge on any atom is -0.508 e. The lowest BCUT2D eigenvalue weighted by molar-refractivity contribution is 0.462. The number of phenols is 2. The molecule has 0 bridgehead atoms. The highest BCUT2D eigenvalue weighted by molar-refractivity contribution is 5.76. The summed E-state index contributed by atoms with van der Waals surface area (Å²) < 4.78 is 0. The van der Waals surface area contributed by atoms with Gasteiger partial charge in [-0.05, 0) is 24.3 Å². The first kappa shape index (κ1) is 10.1. The highest BCUT2D eigenvalue weighted by Crippen LogP contribution is 2.33. The molecule has 0 spiro atoms. The number of aromatic hydroxyl groups is 2. The molecule has 3 nitrogen and oxygen atoms in total. The van der Waals surface area contributed by atoms with Gasteiger partial charge in [-0.25, -0.2) is 0 Å². The number of nitrogens with zero attached hydrogens (tertiary/aromatic N) is 1. The minimum atomic E-state index is 0.0421. The van der Waals surface area contributed by atoms with Crippen molar-refractivity contribution in [3.05, 3.63) is 48.0 Å². The highest BCUT2D eigenvalue weighted by atomic mass is 16.3. The van der Waals surface area contributed by atoms with Gasteiger partial charge in [-0.1, -0.05) is 18.2 Å². The van der Waals surface area contributed by atoms with Crippen molar-refractivity contribution >= 4 is 0 Å². The predicted octanol–water partition coefficient (Wildman–Crippen LogP) is 2.64. The third kappa shape index (κ3) is 1.69. The Kier molecular flexibility index (Phi) is 2.49.